The predicted octanol–water partition coefficient (Wildman–Crippen LogP) is 5.27. The number of ether oxygens (including phenoxy) is 1. The Balaban J connectivity index is 2.36. The summed E-state index contributed by atoms with van der Waals surface area (Å²) in [7, 11) is 0. The van der Waals surface area contributed by atoms with Crippen LogP contribution >= 0.6 is 23.4 Å². The number of alkyl halides is 3. The molecule has 0 amide bonds. The van der Waals surface area contributed by atoms with Gasteiger partial charge in [-0.05, 0) is 24.5 Å². The number of rotatable bonds is 3. The van der Waals surface area contributed by atoms with Crippen LogP contribution in [0.3, 0.4) is 0 Å². The molecule has 1 aromatic carbocycles. The molecule has 1 heterocycles. The number of hydrogen-bond acceptors (Lipinski definition) is 3. The molecule has 0 radical (unpaired) electrons. The smallest absolute Gasteiger partial charge is 0.416 e. The maximum atomic E-state index is 12.7. The summed E-state index contributed by atoms with van der Waals surface area (Å²) in [6, 6.07) is 8.57. The van der Waals surface area contributed by atoms with Gasteiger partial charge in [-0.15, -0.1) is 11.8 Å². The second-order valence-corrected chi connectivity index (χ2v) is 5.00. The van der Waals surface area contributed by atoms with Gasteiger partial charge in [0, 0.05) is 11.0 Å². The first kappa shape index (κ1) is 15.0. The van der Waals surface area contributed by atoms with Gasteiger partial charge in [-0.3, -0.25) is 0 Å². The Labute approximate surface area is 122 Å². The third-order valence-corrected chi connectivity index (χ3v) is 3.35. The quantitative estimate of drug-likeness (QED) is 0.568. The molecule has 0 saturated heterocycles. The predicted molar refractivity (Wildman–Crippen MR) is 72.5 cm³/mol. The summed E-state index contributed by atoms with van der Waals surface area (Å²) in [5.41, 5.74) is -0.894. The van der Waals surface area contributed by atoms with Gasteiger partial charge in [0.15, 0.2) is 0 Å². The summed E-state index contributed by atoms with van der Waals surface area (Å²) in [5.74, 6) is 0.245. The SMILES string of the molecule is CSc1ccccc1Oc1cc(C(F)(F)F)cc(Cl)n1. The average Bonchev–Trinajstić information content (AvgIpc) is 2.37. The van der Waals surface area contributed by atoms with E-state index in [9.17, 15) is 13.2 Å². The minimum atomic E-state index is -4.50. The molecule has 0 fully saturated rings. The molecule has 20 heavy (non-hydrogen) atoms. The molecule has 2 rings (SSSR count). The van der Waals surface area contributed by atoms with Gasteiger partial charge < -0.3 is 4.74 Å². The lowest BCUT2D eigenvalue weighted by molar-refractivity contribution is -0.137. The molecule has 0 N–H and O–H groups in total. The lowest BCUT2D eigenvalue weighted by Crippen LogP contribution is -2.05. The van der Waals surface area contributed by atoms with Crippen molar-refractivity contribution in [2.75, 3.05) is 6.26 Å². The van der Waals surface area contributed by atoms with Crippen molar-refractivity contribution >= 4 is 23.4 Å². The minimum absolute atomic E-state index is 0.189. The number of hydrogen-bond donors (Lipinski definition) is 0. The van der Waals surface area contributed by atoms with Crippen LogP contribution in [0.5, 0.6) is 11.6 Å². The van der Waals surface area contributed by atoms with E-state index in [1.54, 1.807) is 18.2 Å². The maximum absolute atomic E-state index is 12.7. The number of para-hydroxylation sites is 1. The van der Waals surface area contributed by atoms with Crippen molar-refractivity contribution in [2.45, 2.75) is 11.1 Å². The van der Waals surface area contributed by atoms with Crippen LogP contribution < -0.4 is 4.74 Å². The molecule has 0 bridgehead atoms. The van der Waals surface area contributed by atoms with Crippen molar-refractivity contribution < 1.29 is 17.9 Å². The highest BCUT2D eigenvalue weighted by Gasteiger charge is 2.31. The Bertz CT molecular complexity index is 619. The average molecular weight is 320 g/mol. The number of thioether (sulfide) groups is 1. The third kappa shape index (κ3) is 3.58. The molecule has 0 unspecified atom stereocenters. The molecule has 7 heteroatoms. The lowest BCUT2D eigenvalue weighted by atomic mass is 10.2. The molecular weight excluding hydrogens is 311 g/mol. The Morgan fingerprint density at radius 1 is 1.20 bits per heavy atom. The number of halogens is 4. The Morgan fingerprint density at radius 3 is 2.55 bits per heavy atom. The van der Waals surface area contributed by atoms with E-state index in [1.807, 2.05) is 12.3 Å². The summed E-state index contributed by atoms with van der Waals surface area (Å²) in [6.07, 6.45) is -2.65. The van der Waals surface area contributed by atoms with Crippen molar-refractivity contribution in [1.82, 2.24) is 4.98 Å². The van der Waals surface area contributed by atoms with Crippen LogP contribution in [0, 0.1) is 0 Å². The molecule has 0 saturated carbocycles. The number of pyridine rings is 1. The third-order valence-electron chi connectivity index (χ3n) is 2.38. The van der Waals surface area contributed by atoms with Crippen LogP contribution in [0.2, 0.25) is 5.15 Å². The Hall–Kier alpha value is -1.40. The zero-order valence-electron chi connectivity index (χ0n) is 10.2. The van der Waals surface area contributed by atoms with E-state index in [2.05, 4.69) is 4.98 Å². The van der Waals surface area contributed by atoms with Crippen molar-refractivity contribution in [1.29, 1.82) is 0 Å². The van der Waals surface area contributed by atoms with Gasteiger partial charge in [0.05, 0.1) is 5.56 Å². The lowest BCUT2D eigenvalue weighted by Gasteiger charge is -2.11. The van der Waals surface area contributed by atoms with Crippen molar-refractivity contribution in [3.8, 4) is 11.6 Å². The van der Waals surface area contributed by atoms with Gasteiger partial charge in [-0.25, -0.2) is 4.98 Å². The minimum Gasteiger partial charge on any atom is -0.438 e. The second kappa shape index (κ2) is 5.93. The van der Waals surface area contributed by atoms with Crippen molar-refractivity contribution in [2.24, 2.45) is 0 Å². The van der Waals surface area contributed by atoms with Gasteiger partial charge in [0.25, 0.3) is 0 Å². The summed E-state index contributed by atoms with van der Waals surface area (Å²) < 4.78 is 43.5. The normalized spacial score (nSPS) is 11.4. The first-order valence-electron chi connectivity index (χ1n) is 5.46. The van der Waals surface area contributed by atoms with E-state index in [-0.39, 0.29) is 11.0 Å². The van der Waals surface area contributed by atoms with Crippen LogP contribution in [0.1, 0.15) is 5.56 Å². The summed E-state index contributed by atoms with van der Waals surface area (Å²) >= 11 is 7.02. The molecule has 2 nitrogen and oxygen atoms in total. The van der Waals surface area contributed by atoms with E-state index < -0.39 is 11.7 Å². The fraction of sp³-hybridized carbons (Fsp3) is 0.154. The van der Waals surface area contributed by atoms with Crippen molar-refractivity contribution in [3.05, 3.63) is 47.1 Å². The van der Waals surface area contributed by atoms with Gasteiger partial charge >= 0.3 is 6.18 Å². The number of aromatic nitrogens is 1. The Kier molecular flexibility index (Phi) is 4.45. The Morgan fingerprint density at radius 2 is 1.90 bits per heavy atom. The zero-order chi connectivity index (χ0) is 14.8. The highest BCUT2D eigenvalue weighted by Crippen LogP contribution is 2.35. The summed E-state index contributed by atoms with van der Waals surface area (Å²) in [6.45, 7) is 0. The fourth-order valence-electron chi connectivity index (χ4n) is 1.50. The number of nitrogens with zero attached hydrogens (tertiary/aromatic N) is 1. The van der Waals surface area contributed by atoms with Crippen LogP contribution in [0.25, 0.3) is 0 Å². The molecule has 0 aliphatic carbocycles. The first-order chi connectivity index (χ1) is 9.40. The largest absolute Gasteiger partial charge is 0.438 e. The van der Waals surface area contributed by atoms with Gasteiger partial charge in [0.2, 0.25) is 5.88 Å². The molecule has 0 aliphatic heterocycles. The maximum Gasteiger partial charge on any atom is 0.416 e. The van der Waals surface area contributed by atoms with Crippen LogP contribution in [0.15, 0.2) is 41.3 Å². The highest BCUT2D eigenvalue weighted by molar-refractivity contribution is 7.98. The first-order valence-corrected chi connectivity index (χ1v) is 7.06. The molecule has 0 aliphatic rings. The highest BCUT2D eigenvalue weighted by atomic mass is 35.5. The topological polar surface area (TPSA) is 22.1 Å². The van der Waals surface area contributed by atoms with Crippen LogP contribution in [0.4, 0.5) is 13.2 Å². The van der Waals surface area contributed by atoms with E-state index in [4.69, 9.17) is 16.3 Å². The monoisotopic (exact) mass is 319 g/mol. The molecule has 1 aromatic heterocycles. The van der Waals surface area contributed by atoms with E-state index >= 15 is 0 Å². The summed E-state index contributed by atoms with van der Waals surface area (Å²) in [5, 5.41) is -0.267. The zero-order valence-corrected chi connectivity index (χ0v) is 11.8. The van der Waals surface area contributed by atoms with E-state index in [0.717, 1.165) is 17.0 Å². The standard InChI is InChI=1S/C13H9ClF3NOS/c1-20-10-5-3-2-4-9(10)19-12-7-8(13(15,16)17)6-11(14)18-12/h2-7H,1H3. The van der Waals surface area contributed by atoms with E-state index in [0.29, 0.717) is 5.75 Å². The number of benzene rings is 1. The molecule has 0 spiro atoms. The van der Waals surface area contributed by atoms with Gasteiger partial charge in [-0.1, -0.05) is 23.7 Å². The van der Waals surface area contributed by atoms with Crippen LogP contribution in [-0.4, -0.2) is 11.2 Å². The van der Waals surface area contributed by atoms with E-state index in [1.165, 1.54) is 11.8 Å². The summed E-state index contributed by atoms with van der Waals surface area (Å²) in [4.78, 5) is 4.55. The second-order valence-electron chi connectivity index (χ2n) is 3.77. The molecular formula is C13H9ClF3NOS. The molecule has 106 valence electrons. The van der Waals surface area contributed by atoms with Crippen LogP contribution in [-0.2, 0) is 6.18 Å². The molecule has 2 aromatic rings. The fourth-order valence-corrected chi connectivity index (χ4v) is 2.23. The van der Waals surface area contributed by atoms with Crippen molar-refractivity contribution in [3.63, 3.8) is 0 Å². The van der Waals surface area contributed by atoms with Gasteiger partial charge in [0.1, 0.15) is 10.9 Å². The molecule has 0 atom stereocenters. The van der Waals surface area contributed by atoms with Gasteiger partial charge in [-0.2, -0.15) is 13.2 Å².